The molecule has 0 saturated heterocycles. The number of aryl methyl sites for hydroxylation is 1. The van der Waals surface area contributed by atoms with E-state index in [1.165, 1.54) is 16.5 Å². The Morgan fingerprint density at radius 1 is 1.32 bits per heavy atom. The molecular weight excluding hydrogens is 238 g/mol. The number of para-hydroxylation sites is 1. The van der Waals surface area contributed by atoms with Gasteiger partial charge in [0.05, 0.1) is 17.8 Å². The van der Waals surface area contributed by atoms with Crippen molar-refractivity contribution in [2.45, 2.75) is 20.0 Å². The van der Waals surface area contributed by atoms with Crippen LogP contribution in [0.3, 0.4) is 0 Å². The van der Waals surface area contributed by atoms with Gasteiger partial charge in [0.1, 0.15) is 0 Å². The number of fused-ring (bicyclic) bond motifs is 1. The smallest absolute Gasteiger partial charge is 0.156 e. The van der Waals surface area contributed by atoms with Crippen LogP contribution in [0.4, 0.5) is 0 Å². The maximum Gasteiger partial charge on any atom is 0.156 e. The molecule has 4 nitrogen and oxygen atoms in total. The van der Waals surface area contributed by atoms with Crippen molar-refractivity contribution in [3.63, 3.8) is 0 Å². The minimum Gasteiger partial charge on any atom is -0.359 e. The van der Waals surface area contributed by atoms with Crippen LogP contribution in [0.25, 0.3) is 10.9 Å². The molecule has 0 unspecified atom stereocenters. The fraction of sp³-hybridized carbons (Fsp3) is 0.267. The molecule has 0 amide bonds. The third-order valence-electron chi connectivity index (χ3n) is 3.24. The summed E-state index contributed by atoms with van der Waals surface area (Å²) in [6.45, 7) is 3.51. The third kappa shape index (κ3) is 2.27. The number of nitrogens with one attached hydrogen (secondary N) is 1. The van der Waals surface area contributed by atoms with Crippen molar-refractivity contribution in [2.75, 3.05) is 7.05 Å². The highest BCUT2D eigenvalue weighted by Gasteiger charge is 2.08. The van der Waals surface area contributed by atoms with Gasteiger partial charge in [-0.25, -0.2) is 0 Å². The molecular formula is C15H17N3O. The number of hydrogen-bond acceptors (Lipinski definition) is 3. The Bertz CT molecular complexity index is 696. The van der Waals surface area contributed by atoms with E-state index in [1.54, 1.807) is 0 Å². The monoisotopic (exact) mass is 255 g/mol. The summed E-state index contributed by atoms with van der Waals surface area (Å²) in [6.07, 6.45) is 2.10. The lowest BCUT2D eigenvalue weighted by atomic mass is 10.1. The number of aromatic nitrogens is 2. The van der Waals surface area contributed by atoms with Crippen molar-refractivity contribution in [3.05, 3.63) is 53.5 Å². The molecule has 2 heterocycles. The van der Waals surface area contributed by atoms with E-state index >= 15 is 0 Å². The second-order valence-corrected chi connectivity index (χ2v) is 4.76. The molecule has 1 aromatic carbocycles. The zero-order valence-electron chi connectivity index (χ0n) is 11.2. The summed E-state index contributed by atoms with van der Waals surface area (Å²) in [7, 11) is 1.96. The summed E-state index contributed by atoms with van der Waals surface area (Å²) in [4.78, 5) is 0. The number of nitrogens with zero attached hydrogens (tertiary/aromatic N) is 2. The van der Waals surface area contributed by atoms with Crippen molar-refractivity contribution < 1.29 is 4.52 Å². The molecule has 3 rings (SSSR count). The van der Waals surface area contributed by atoms with Crippen LogP contribution in [-0.2, 0) is 13.1 Å². The average molecular weight is 255 g/mol. The van der Waals surface area contributed by atoms with Crippen LogP contribution in [0.2, 0.25) is 0 Å². The van der Waals surface area contributed by atoms with Crippen LogP contribution in [0.15, 0.2) is 41.1 Å². The fourth-order valence-corrected chi connectivity index (χ4v) is 2.46. The van der Waals surface area contributed by atoms with Gasteiger partial charge in [0.15, 0.2) is 5.76 Å². The van der Waals surface area contributed by atoms with Gasteiger partial charge in [-0.1, -0.05) is 23.4 Å². The SMILES string of the molecule is CNCc1cccc2ccn(Cc3cc(C)no3)c12. The molecule has 3 aromatic rings. The van der Waals surface area contributed by atoms with Gasteiger partial charge in [-0.3, -0.25) is 0 Å². The molecule has 0 spiro atoms. The third-order valence-corrected chi connectivity index (χ3v) is 3.24. The van der Waals surface area contributed by atoms with E-state index in [-0.39, 0.29) is 0 Å². The zero-order chi connectivity index (χ0) is 13.2. The van der Waals surface area contributed by atoms with Crippen LogP contribution in [0, 0.1) is 6.92 Å². The van der Waals surface area contributed by atoms with Crippen LogP contribution in [-0.4, -0.2) is 16.8 Å². The number of benzene rings is 1. The summed E-state index contributed by atoms with van der Waals surface area (Å²) in [6, 6.07) is 10.5. The molecule has 0 radical (unpaired) electrons. The first kappa shape index (κ1) is 12.0. The summed E-state index contributed by atoms with van der Waals surface area (Å²) in [5, 5.41) is 8.40. The molecule has 0 saturated carbocycles. The highest BCUT2D eigenvalue weighted by Crippen LogP contribution is 2.21. The Balaban J connectivity index is 2.03. The van der Waals surface area contributed by atoms with Crippen LogP contribution < -0.4 is 5.32 Å². The second kappa shape index (κ2) is 4.90. The lowest BCUT2D eigenvalue weighted by molar-refractivity contribution is 0.374. The zero-order valence-corrected chi connectivity index (χ0v) is 11.2. The van der Waals surface area contributed by atoms with E-state index in [0.29, 0.717) is 6.54 Å². The van der Waals surface area contributed by atoms with Gasteiger partial charge in [-0.05, 0) is 31.0 Å². The molecule has 0 fully saturated rings. The van der Waals surface area contributed by atoms with E-state index in [4.69, 9.17) is 4.52 Å². The van der Waals surface area contributed by atoms with Crippen molar-refractivity contribution >= 4 is 10.9 Å². The highest BCUT2D eigenvalue weighted by atomic mass is 16.5. The topological polar surface area (TPSA) is 43.0 Å². The van der Waals surface area contributed by atoms with E-state index in [1.807, 2.05) is 20.0 Å². The van der Waals surface area contributed by atoms with Crippen LogP contribution in [0.5, 0.6) is 0 Å². The number of hydrogen-bond donors (Lipinski definition) is 1. The lowest BCUT2D eigenvalue weighted by Gasteiger charge is -2.08. The lowest BCUT2D eigenvalue weighted by Crippen LogP contribution is -2.07. The normalized spacial score (nSPS) is 11.3. The van der Waals surface area contributed by atoms with E-state index in [9.17, 15) is 0 Å². The highest BCUT2D eigenvalue weighted by molar-refractivity contribution is 5.83. The van der Waals surface area contributed by atoms with Gasteiger partial charge in [0, 0.05) is 18.8 Å². The van der Waals surface area contributed by atoms with E-state index < -0.39 is 0 Å². The minimum absolute atomic E-state index is 0.713. The number of rotatable bonds is 4. The molecule has 0 aliphatic carbocycles. The maximum absolute atomic E-state index is 5.30. The molecule has 0 bridgehead atoms. The van der Waals surface area contributed by atoms with Gasteiger partial charge in [0.2, 0.25) is 0 Å². The summed E-state index contributed by atoms with van der Waals surface area (Å²) < 4.78 is 7.51. The first-order valence-electron chi connectivity index (χ1n) is 6.41. The molecule has 98 valence electrons. The maximum atomic E-state index is 5.30. The van der Waals surface area contributed by atoms with Crippen LogP contribution in [0.1, 0.15) is 17.0 Å². The summed E-state index contributed by atoms with van der Waals surface area (Å²) in [5.74, 6) is 0.884. The Kier molecular flexibility index (Phi) is 3.09. The predicted octanol–water partition coefficient (Wildman–Crippen LogP) is 2.71. The molecule has 0 aliphatic heterocycles. The minimum atomic E-state index is 0.713. The van der Waals surface area contributed by atoms with Gasteiger partial charge < -0.3 is 14.4 Å². The van der Waals surface area contributed by atoms with Gasteiger partial charge in [-0.15, -0.1) is 0 Å². The molecule has 1 N–H and O–H groups in total. The largest absolute Gasteiger partial charge is 0.359 e. The standard InChI is InChI=1S/C15H17N3O/c1-11-8-14(19-17-11)10-18-7-6-12-4-3-5-13(9-16-2)15(12)18/h3-8,16H,9-10H2,1-2H3. The van der Waals surface area contributed by atoms with Crippen molar-refractivity contribution in [2.24, 2.45) is 0 Å². The molecule has 2 aromatic heterocycles. The average Bonchev–Trinajstić information content (AvgIpc) is 2.98. The first-order valence-corrected chi connectivity index (χ1v) is 6.41. The molecule has 4 heteroatoms. The Labute approximate surface area is 112 Å². The quantitative estimate of drug-likeness (QED) is 0.779. The Hall–Kier alpha value is -2.07. The van der Waals surface area contributed by atoms with Crippen molar-refractivity contribution in [1.82, 2.24) is 15.0 Å². The van der Waals surface area contributed by atoms with Gasteiger partial charge >= 0.3 is 0 Å². The van der Waals surface area contributed by atoms with Gasteiger partial charge in [0.25, 0.3) is 0 Å². The van der Waals surface area contributed by atoms with Crippen molar-refractivity contribution in [1.29, 1.82) is 0 Å². The Morgan fingerprint density at radius 2 is 2.21 bits per heavy atom. The van der Waals surface area contributed by atoms with E-state index in [0.717, 1.165) is 18.0 Å². The Morgan fingerprint density at radius 3 is 2.95 bits per heavy atom. The van der Waals surface area contributed by atoms with Crippen LogP contribution >= 0.6 is 0 Å². The van der Waals surface area contributed by atoms with Crippen molar-refractivity contribution in [3.8, 4) is 0 Å². The second-order valence-electron chi connectivity index (χ2n) is 4.76. The summed E-state index contributed by atoms with van der Waals surface area (Å²) in [5.41, 5.74) is 3.47. The molecule has 19 heavy (non-hydrogen) atoms. The molecule has 0 aliphatic rings. The first-order chi connectivity index (χ1) is 9.28. The predicted molar refractivity (Wildman–Crippen MR) is 75.0 cm³/mol. The van der Waals surface area contributed by atoms with E-state index in [2.05, 4.69) is 45.5 Å². The fourth-order valence-electron chi connectivity index (χ4n) is 2.46. The summed E-state index contributed by atoms with van der Waals surface area (Å²) >= 11 is 0. The van der Waals surface area contributed by atoms with Gasteiger partial charge in [-0.2, -0.15) is 0 Å². The molecule has 0 atom stereocenters.